The summed E-state index contributed by atoms with van der Waals surface area (Å²) < 4.78 is 0. The van der Waals surface area contributed by atoms with Crippen LogP contribution in [0.1, 0.15) is 121 Å². The van der Waals surface area contributed by atoms with E-state index in [1.807, 2.05) is 0 Å². The van der Waals surface area contributed by atoms with Crippen molar-refractivity contribution in [2.45, 2.75) is 115 Å². The second-order valence-corrected chi connectivity index (χ2v) is 23.8. The van der Waals surface area contributed by atoms with Gasteiger partial charge in [-0.25, -0.2) is 0 Å². The lowest BCUT2D eigenvalue weighted by Gasteiger charge is -2.53. The Morgan fingerprint density at radius 1 is 0.429 bits per heavy atom. The van der Waals surface area contributed by atoms with Gasteiger partial charge in [-0.15, -0.1) is 0 Å². The molecule has 0 spiro atoms. The first kappa shape index (κ1) is 43.3. The van der Waals surface area contributed by atoms with Crippen molar-refractivity contribution in [3.63, 3.8) is 0 Å². The van der Waals surface area contributed by atoms with Gasteiger partial charge in [0.15, 0.2) is 0 Å². The second kappa shape index (κ2) is 14.9. The van der Waals surface area contributed by atoms with Gasteiger partial charge in [-0.1, -0.05) is 189 Å². The highest BCUT2D eigenvalue weighted by molar-refractivity contribution is 7.01. The van der Waals surface area contributed by atoms with Crippen LogP contribution in [-0.2, 0) is 21.7 Å². The number of hydrogen-bond acceptors (Lipinski definition) is 3. The zero-order valence-corrected chi connectivity index (χ0v) is 42.5. The molecule has 0 bridgehead atoms. The molecule has 0 aromatic heterocycles. The van der Waals surface area contributed by atoms with Crippen molar-refractivity contribution in [3.05, 3.63) is 209 Å². The Labute approximate surface area is 416 Å². The molecule has 0 amide bonds. The number of fused-ring (bicyclic) bond motifs is 3. The van der Waals surface area contributed by atoms with E-state index in [-0.39, 0.29) is 28.5 Å². The molecule has 4 aliphatic heterocycles. The van der Waals surface area contributed by atoms with Crippen molar-refractivity contribution in [2.24, 2.45) is 0 Å². The van der Waals surface area contributed by atoms with Crippen LogP contribution < -0.4 is 31.1 Å². The van der Waals surface area contributed by atoms with E-state index in [0.29, 0.717) is 0 Å². The van der Waals surface area contributed by atoms with Crippen molar-refractivity contribution in [1.29, 1.82) is 0 Å². The maximum Gasteiger partial charge on any atom is 0.252 e. The van der Waals surface area contributed by atoms with Crippen molar-refractivity contribution in [2.75, 3.05) is 14.7 Å². The molecule has 4 heteroatoms. The van der Waals surface area contributed by atoms with Crippen molar-refractivity contribution in [1.82, 2.24) is 0 Å². The van der Waals surface area contributed by atoms with Gasteiger partial charge in [0, 0.05) is 56.2 Å². The van der Waals surface area contributed by atoms with Gasteiger partial charge in [0.2, 0.25) is 0 Å². The molecule has 3 nitrogen and oxygen atoms in total. The number of anilines is 8. The topological polar surface area (TPSA) is 9.72 Å². The fraction of sp³-hybridized carbons (Fsp3) is 0.273. The lowest BCUT2D eigenvalue weighted by atomic mass is 9.28. The number of nitrogens with zero attached hydrogens (tertiary/aromatic N) is 3. The fourth-order valence-corrected chi connectivity index (χ4v) is 14.1. The minimum absolute atomic E-state index is 0.0111. The van der Waals surface area contributed by atoms with E-state index in [4.69, 9.17) is 0 Å². The van der Waals surface area contributed by atoms with E-state index in [0.717, 1.165) is 6.42 Å². The molecule has 0 saturated heterocycles. The molecule has 5 aliphatic rings. The van der Waals surface area contributed by atoms with Crippen LogP contribution in [-0.4, -0.2) is 12.3 Å². The lowest BCUT2D eigenvalue weighted by Crippen LogP contribution is -2.67. The summed E-state index contributed by atoms with van der Waals surface area (Å²) in [6, 6.07) is 68.3. The molecule has 0 radical (unpaired) electrons. The van der Waals surface area contributed by atoms with Gasteiger partial charge in [-0.3, -0.25) is 0 Å². The lowest BCUT2D eigenvalue weighted by molar-refractivity contribution is 0.195. The molecule has 1 aliphatic carbocycles. The van der Waals surface area contributed by atoms with Gasteiger partial charge in [0.25, 0.3) is 6.71 Å². The van der Waals surface area contributed by atoms with Gasteiger partial charge < -0.3 is 14.7 Å². The molecule has 4 heterocycles. The number of benzene rings is 8. The zero-order valence-electron chi connectivity index (χ0n) is 42.5. The van der Waals surface area contributed by atoms with E-state index >= 15 is 0 Å². The Hall–Kier alpha value is -6.78. The quantitative estimate of drug-likeness (QED) is 0.159. The molecule has 70 heavy (non-hydrogen) atoms. The van der Waals surface area contributed by atoms with E-state index in [9.17, 15) is 0 Å². The van der Waals surface area contributed by atoms with Crippen molar-refractivity contribution >= 4 is 68.6 Å². The summed E-state index contributed by atoms with van der Waals surface area (Å²) in [5, 5.41) is 0. The first-order valence-corrected chi connectivity index (χ1v) is 25.9. The summed E-state index contributed by atoms with van der Waals surface area (Å²) in [5.41, 5.74) is 24.5. The Kier molecular flexibility index (Phi) is 9.19. The summed E-state index contributed by atoms with van der Waals surface area (Å²) in [5.74, 6) is 0. The molecule has 346 valence electrons. The summed E-state index contributed by atoms with van der Waals surface area (Å²) in [6.07, 6.45) is 4.80. The largest absolute Gasteiger partial charge is 0.334 e. The molecule has 3 atom stereocenters. The fourth-order valence-electron chi connectivity index (χ4n) is 14.1. The molecular weight excluding hydrogens is 846 g/mol. The van der Waals surface area contributed by atoms with Crippen molar-refractivity contribution in [3.8, 4) is 11.1 Å². The maximum absolute atomic E-state index is 2.79. The van der Waals surface area contributed by atoms with Crippen LogP contribution in [0.25, 0.3) is 11.1 Å². The average Bonchev–Trinajstić information content (AvgIpc) is 3.58. The standard InChI is InChI=1S/C66H64BN3/c1-62(2,3)44-33-31-43(32-34-44)49-23-13-15-27-53(49)69-56-30-20-26-52-60(56)67-59-51(66(52,9)46-21-11-10-12-22-46)25-19-29-55(59)68(47-37-35-45(36-38-47)63(4,5)6)57-41-48(42-58(69)61(57)67)70-54-28-16-14-24-50(54)64(7)39-17-18-40-65(64,70)8/h10-16,19-38,41-42H,17-18,39-40H2,1-9H3. The van der Waals surface area contributed by atoms with Crippen LogP contribution in [0, 0.1) is 0 Å². The van der Waals surface area contributed by atoms with Crippen LogP contribution >= 0.6 is 0 Å². The highest BCUT2D eigenvalue weighted by atomic mass is 15.3. The number of para-hydroxylation sites is 2. The molecule has 0 N–H and O–H groups in total. The van der Waals surface area contributed by atoms with Crippen LogP contribution in [0.2, 0.25) is 0 Å². The first-order valence-electron chi connectivity index (χ1n) is 25.9. The van der Waals surface area contributed by atoms with E-state index < -0.39 is 5.41 Å². The molecule has 3 unspecified atom stereocenters. The van der Waals surface area contributed by atoms with Gasteiger partial charge in [-0.05, 0) is 141 Å². The molecule has 8 aromatic carbocycles. The van der Waals surface area contributed by atoms with Crippen molar-refractivity contribution < 1.29 is 0 Å². The van der Waals surface area contributed by atoms with E-state index in [1.165, 1.54) is 126 Å². The third kappa shape index (κ3) is 5.83. The van der Waals surface area contributed by atoms with Crippen LogP contribution in [0.3, 0.4) is 0 Å². The Morgan fingerprint density at radius 2 is 0.943 bits per heavy atom. The Bertz CT molecular complexity index is 3410. The highest BCUT2D eigenvalue weighted by Crippen LogP contribution is 2.62. The summed E-state index contributed by atoms with van der Waals surface area (Å²) in [4.78, 5) is 8.12. The maximum atomic E-state index is 2.79. The normalized spacial score (nSPS) is 21.6. The number of hydrogen-bond donors (Lipinski definition) is 0. The van der Waals surface area contributed by atoms with Crippen LogP contribution in [0.5, 0.6) is 0 Å². The highest BCUT2D eigenvalue weighted by Gasteiger charge is 2.59. The SMILES string of the molecule is CC(C)(C)c1ccc(-c2ccccc2N2c3cc(N4c5ccccc5C5(C)CCCCC45C)cc4c3B3c5c(cccc5C(C)(c5ccccc5)c5cccc2c53)N4c2ccc(C(C)(C)C)cc2)cc1. The smallest absolute Gasteiger partial charge is 0.252 e. The molecule has 8 aromatic rings. The average molecular weight is 910 g/mol. The third-order valence-electron chi connectivity index (χ3n) is 18.0. The Balaban J connectivity index is 1.16. The van der Waals surface area contributed by atoms with Crippen LogP contribution in [0.15, 0.2) is 176 Å². The van der Waals surface area contributed by atoms with E-state index in [2.05, 4.69) is 253 Å². The molecule has 1 saturated carbocycles. The molecular formula is C66H64BN3. The van der Waals surface area contributed by atoms with Gasteiger partial charge in [0.05, 0.1) is 11.2 Å². The predicted molar refractivity (Wildman–Crippen MR) is 298 cm³/mol. The second-order valence-electron chi connectivity index (χ2n) is 23.8. The van der Waals surface area contributed by atoms with Crippen LogP contribution in [0.4, 0.5) is 45.5 Å². The summed E-state index contributed by atoms with van der Waals surface area (Å²) in [7, 11) is 0. The van der Waals surface area contributed by atoms with Gasteiger partial charge in [0.1, 0.15) is 0 Å². The number of rotatable bonds is 5. The summed E-state index contributed by atoms with van der Waals surface area (Å²) >= 11 is 0. The van der Waals surface area contributed by atoms with E-state index in [1.54, 1.807) is 0 Å². The molecule has 13 rings (SSSR count). The minimum Gasteiger partial charge on any atom is -0.334 e. The monoisotopic (exact) mass is 910 g/mol. The zero-order chi connectivity index (χ0) is 48.1. The van der Waals surface area contributed by atoms with Gasteiger partial charge in [-0.2, -0.15) is 0 Å². The summed E-state index contributed by atoms with van der Waals surface area (Å²) in [6.45, 7) is 21.5. The minimum atomic E-state index is -0.418. The predicted octanol–water partition coefficient (Wildman–Crippen LogP) is 15.4. The molecule has 1 fully saturated rings. The van der Waals surface area contributed by atoms with Gasteiger partial charge >= 0.3 is 0 Å². The Morgan fingerprint density at radius 3 is 1.59 bits per heavy atom. The third-order valence-corrected chi connectivity index (χ3v) is 18.0. The first-order chi connectivity index (χ1) is 33.6.